The van der Waals surface area contributed by atoms with E-state index >= 15 is 0 Å². The number of amides is 3. The average Bonchev–Trinajstić information content (AvgIpc) is 2.98. The summed E-state index contributed by atoms with van der Waals surface area (Å²) in [4.78, 5) is 70.6. The molecule has 13 nitrogen and oxygen atoms in total. The fourth-order valence-electron chi connectivity index (χ4n) is 4.71. The van der Waals surface area contributed by atoms with Crippen molar-refractivity contribution in [3.05, 3.63) is 54.2 Å². The topological polar surface area (TPSA) is 173 Å². The van der Waals surface area contributed by atoms with Crippen LogP contribution in [0.25, 0.3) is 11.3 Å². The van der Waals surface area contributed by atoms with Gasteiger partial charge in [0.05, 0.1) is 37.7 Å². The second kappa shape index (κ2) is 14.9. The van der Waals surface area contributed by atoms with Gasteiger partial charge >= 0.3 is 13.1 Å². The standard InChI is InChI=1S/C30H39BN4O9/c1-18(2)15-23(31-43-25(38)17-30(44-31,29(41)42-6)16-24(37)35(4)5)33-28(40)26(19(3)36)34-27(39)22-14-10-13-21(32-22)20-11-8-7-9-12-20/h7-14,18-19,23,26,36H,15-17H2,1-6H3,(H,33,40)(H,34,39)/t19-,23+,26+,30-/m1/s1. The van der Waals surface area contributed by atoms with Crippen molar-refractivity contribution in [2.75, 3.05) is 21.2 Å². The highest BCUT2D eigenvalue weighted by Crippen LogP contribution is 2.31. The van der Waals surface area contributed by atoms with Crippen molar-refractivity contribution < 1.29 is 43.1 Å². The van der Waals surface area contributed by atoms with Crippen molar-refractivity contribution in [1.82, 2.24) is 20.5 Å². The number of nitrogens with zero attached hydrogens (tertiary/aromatic N) is 2. The molecule has 0 aliphatic carbocycles. The van der Waals surface area contributed by atoms with Crippen LogP contribution in [0.15, 0.2) is 48.5 Å². The lowest BCUT2D eigenvalue weighted by Crippen LogP contribution is -2.64. The van der Waals surface area contributed by atoms with Crippen LogP contribution in [0.3, 0.4) is 0 Å². The first-order valence-electron chi connectivity index (χ1n) is 14.2. The van der Waals surface area contributed by atoms with Gasteiger partial charge in [-0.2, -0.15) is 0 Å². The lowest BCUT2D eigenvalue weighted by molar-refractivity contribution is -0.176. The smallest absolute Gasteiger partial charge is 0.508 e. The van der Waals surface area contributed by atoms with E-state index in [0.29, 0.717) is 5.69 Å². The molecule has 1 aromatic heterocycles. The summed E-state index contributed by atoms with van der Waals surface area (Å²) in [6.07, 6.45) is -2.19. The lowest BCUT2D eigenvalue weighted by atomic mass is 9.70. The van der Waals surface area contributed by atoms with Crippen LogP contribution in [-0.2, 0) is 33.2 Å². The van der Waals surface area contributed by atoms with Crippen molar-refractivity contribution in [3.63, 3.8) is 0 Å². The van der Waals surface area contributed by atoms with Crippen LogP contribution in [0, 0.1) is 5.92 Å². The van der Waals surface area contributed by atoms with Crippen LogP contribution in [0.5, 0.6) is 0 Å². The molecule has 4 atom stereocenters. The summed E-state index contributed by atoms with van der Waals surface area (Å²) in [6, 6.07) is 12.7. The first-order chi connectivity index (χ1) is 20.8. The summed E-state index contributed by atoms with van der Waals surface area (Å²) >= 11 is 0. The molecular weight excluding hydrogens is 571 g/mol. The Morgan fingerprint density at radius 2 is 1.75 bits per heavy atom. The Kier molecular flexibility index (Phi) is 11.6. The zero-order valence-corrected chi connectivity index (χ0v) is 25.7. The molecule has 1 aliphatic rings. The predicted octanol–water partition coefficient (Wildman–Crippen LogP) is 1.14. The minimum Gasteiger partial charge on any atom is -0.508 e. The van der Waals surface area contributed by atoms with Crippen LogP contribution in [-0.4, -0.2) is 96.7 Å². The number of esters is 1. The van der Waals surface area contributed by atoms with Gasteiger partial charge in [0.15, 0.2) is 5.60 Å². The van der Waals surface area contributed by atoms with E-state index in [9.17, 15) is 29.1 Å². The first-order valence-corrected chi connectivity index (χ1v) is 14.2. The van der Waals surface area contributed by atoms with Gasteiger partial charge in [-0.05, 0) is 31.4 Å². The molecule has 2 heterocycles. The van der Waals surface area contributed by atoms with Crippen molar-refractivity contribution in [3.8, 4) is 11.3 Å². The second-order valence-corrected chi connectivity index (χ2v) is 11.3. The highest BCUT2D eigenvalue weighted by Gasteiger charge is 2.55. The summed E-state index contributed by atoms with van der Waals surface area (Å²) in [5.41, 5.74) is -0.614. The van der Waals surface area contributed by atoms with E-state index in [0.717, 1.165) is 12.7 Å². The zero-order chi connectivity index (χ0) is 32.6. The van der Waals surface area contributed by atoms with Crippen LogP contribution in [0.4, 0.5) is 0 Å². The van der Waals surface area contributed by atoms with Gasteiger partial charge in [0.25, 0.3) is 11.9 Å². The fourth-order valence-corrected chi connectivity index (χ4v) is 4.71. The van der Waals surface area contributed by atoms with E-state index in [1.54, 1.807) is 12.1 Å². The normalized spacial score (nSPS) is 18.5. The first kappa shape index (κ1) is 34.2. The highest BCUT2D eigenvalue weighted by atomic mass is 16.7. The van der Waals surface area contributed by atoms with Gasteiger partial charge in [-0.25, -0.2) is 9.78 Å². The van der Waals surface area contributed by atoms with Crippen LogP contribution < -0.4 is 10.6 Å². The predicted molar refractivity (Wildman–Crippen MR) is 160 cm³/mol. The number of aliphatic hydroxyl groups excluding tert-OH is 1. The molecule has 236 valence electrons. The van der Waals surface area contributed by atoms with Gasteiger partial charge in [0.2, 0.25) is 11.8 Å². The van der Waals surface area contributed by atoms with Crippen molar-refractivity contribution in [2.45, 2.75) is 63.7 Å². The van der Waals surface area contributed by atoms with Gasteiger partial charge in [0.1, 0.15) is 11.7 Å². The number of hydrogen-bond acceptors (Lipinski definition) is 10. The Morgan fingerprint density at radius 3 is 2.34 bits per heavy atom. The molecule has 0 radical (unpaired) electrons. The quantitative estimate of drug-likeness (QED) is 0.234. The molecule has 0 bridgehead atoms. The molecule has 1 saturated heterocycles. The molecule has 2 aromatic rings. The highest BCUT2D eigenvalue weighted by molar-refractivity contribution is 6.50. The molecule has 14 heteroatoms. The van der Waals surface area contributed by atoms with Crippen LogP contribution in [0.2, 0.25) is 0 Å². The molecule has 3 amide bonds. The summed E-state index contributed by atoms with van der Waals surface area (Å²) in [6.45, 7) is 5.04. The van der Waals surface area contributed by atoms with E-state index in [1.165, 1.54) is 32.0 Å². The molecule has 1 fully saturated rings. The number of carbonyl (C=O) groups is 5. The molecular formula is C30H39BN4O9. The zero-order valence-electron chi connectivity index (χ0n) is 25.7. The van der Waals surface area contributed by atoms with Crippen LogP contribution >= 0.6 is 0 Å². The molecule has 0 saturated carbocycles. The average molecular weight is 610 g/mol. The van der Waals surface area contributed by atoms with Crippen LogP contribution in [0.1, 0.15) is 50.5 Å². The molecule has 44 heavy (non-hydrogen) atoms. The number of rotatable bonds is 12. The second-order valence-electron chi connectivity index (χ2n) is 11.3. The molecule has 1 aromatic carbocycles. The number of hydrogen-bond donors (Lipinski definition) is 3. The van der Waals surface area contributed by atoms with Gasteiger partial charge in [-0.3, -0.25) is 19.2 Å². The maximum atomic E-state index is 13.5. The monoisotopic (exact) mass is 610 g/mol. The van der Waals surface area contributed by atoms with E-state index in [1.807, 2.05) is 44.2 Å². The summed E-state index contributed by atoms with van der Waals surface area (Å²) in [5, 5.41) is 15.7. The van der Waals surface area contributed by atoms with E-state index < -0.39 is 73.3 Å². The van der Waals surface area contributed by atoms with Gasteiger partial charge in [-0.1, -0.05) is 50.2 Å². The number of ether oxygens (including phenoxy) is 1. The maximum absolute atomic E-state index is 13.5. The molecule has 1 aliphatic heterocycles. The van der Waals surface area contributed by atoms with Gasteiger partial charge in [0, 0.05) is 19.7 Å². The van der Waals surface area contributed by atoms with E-state index in [2.05, 4.69) is 15.6 Å². The third kappa shape index (κ3) is 8.63. The third-order valence-electron chi connectivity index (χ3n) is 7.00. The SMILES string of the molecule is COC(=O)[C@@]1(CC(=O)N(C)C)CC(=O)OB([C@H](CC(C)C)NC(=O)[C@@H](NC(=O)c2cccc(-c3ccccc3)n2)[C@@H](C)O)O1. The number of aromatic nitrogens is 1. The Morgan fingerprint density at radius 1 is 1.07 bits per heavy atom. The third-order valence-corrected chi connectivity index (χ3v) is 7.00. The summed E-state index contributed by atoms with van der Waals surface area (Å²) in [7, 11) is 2.61. The minimum atomic E-state index is -1.98. The molecule has 3 rings (SSSR count). The number of nitrogens with one attached hydrogen (secondary N) is 2. The Balaban J connectivity index is 1.84. The number of pyridine rings is 1. The van der Waals surface area contributed by atoms with E-state index in [4.69, 9.17) is 14.0 Å². The number of aliphatic hydroxyl groups is 1. The minimum absolute atomic E-state index is 0.0292. The molecule has 0 spiro atoms. The van der Waals surface area contributed by atoms with E-state index in [-0.39, 0.29) is 18.0 Å². The van der Waals surface area contributed by atoms with Gasteiger partial charge < -0.3 is 34.7 Å². The van der Waals surface area contributed by atoms with Gasteiger partial charge in [-0.15, -0.1) is 0 Å². The Bertz CT molecular complexity index is 1360. The largest absolute Gasteiger partial charge is 0.552 e. The molecule has 3 N–H and O–H groups in total. The Hall–Kier alpha value is -4.30. The molecule has 0 unspecified atom stereocenters. The summed E-state index contributed by atoms with van der Waals surface area (Å²) < 4.78 is 16.3. The maximum Gasteiger partial charge on any atom is 0.552 e. The van der Waals surface area contributed by atoms with Crippen molar-refractivity contribution in [1.29, 1.82) is 0 Å². The van der Waals surface area contributed by atoms with Crippen molar-refractivity contribution in [2.24, 2.45) is 5.92 Å². The number of benzene rings is 1. The Labute approximate surface area is 256 Å². The summed E-state index contributed by atoms with van der Waals surface area (Å²) in [5.74, 6) is -4.84. The fraction of sp³-hybridized carbons (Fsp3) is 0.467. The lowest BCUT2D eigenvalue weighted by Gasteiger charge is -2.39. The number of methoxy groups -OCH3 is 1. The van der Waals surface area contributed by atoms with Crippen molar-refractivity contribution >= 4 is 36.8 Å². The number of carbonyl (C=O) groups excluding carboxylic acids is 5.